The molecule has 6 amide bonds. The van der Waals surface area contributed by atoms with Gasteiger partial charge < -0.3 is 59.3 Å². The Morgan fingerprint density at radius 3 is 1.96 bits per heavy atom. The number of carboxylic acids is 1. The molecule has 2 rings (SSSR count). The second kappa shape index (κ2) is 25.4. The van der Waals surface area contributed by atoms with Crippen LogP contribution in [0.25, 0.3) is 0 Å². The molecule has 1 aliphatic rings. The van der Waals surface area contributed by atoms with E-state index in [-0.39, 0.29) is 69.1 Å². The summed E-state index contributed by atoms with van der Waals surface area (Å²) in [6.45, 7) is 4.56. The van der Waals surface area contributed by atoms with E-state index in [0.717, 1.165) is 0 Å². The van der Waals surface area contributed by atoms with Gasteiger partial charge in [-0.2, -0.15) is 0 Å². The van der Waals surface area contributed by atoms with Crippen molar-refractivity contribution in [3.05, 3.63) is 29.8 Å². The summed E-state index contributed by atoms with van der Waals surface area (Å²) in [5, 5.41) is 35.7. The van der Waals surface area contributed by atoms with Crippen LogP contribution >= 0.6 is 0 Å². The summed E-state index contributed by atoms with van der Waals surface area (Å²) in [5.41, 5.74) is 18.0. The van der Waals surface area contributed by atoms with Crippen molar-refractivity contribution in [2.45, 2.75) is 134 Å². The van der Waals surface area contributed by atoms with Crippen LogP contribution < -0.4 is 49.1 Å². The minimum atomic E-state index is -1.28. The van der Waals surface area contributed by atoms with Crippen LogP contribution in [0.15, 0.2) is 24.3 Å². The predicted octanol–water partition coefficient (Wildman–Crippen LogP) is -0.845. The predicted molar refractivity (Wildman–Crippen MR) is 208 cm³/mol. The molecular formula is C38H63N9O9. The number of phenols is 1. The third kappa shape index (κ3) is 17.8. The van der Waals surface area contributed by atoms with Crippen molar-refractivity contribution in [2.75, 3.05) is 19.6 Å². The summed E-state index contributed by atoms with van der Waals surface area (Å²) in [7, 11) is 0. The highest BCUT2D eigenvalue weighted by Crippen LogP contribution is 2.14. The van der Waals surface area contributed by atoms with E-state index >= 15 is 0 Å². The molecule has 0 saturated carbocycles. The van der Waals surface area contributed by atoms with Crippen molar-refractivity contribution in [3.8, 4) is 5.75 Å². The Morgan fingerprint density at radius 1 is 0.804 bits per heavy atom. The number of unbranched alkanes of at least 4 members (excludes halogenated alkanes) is 2. The first-order valence-electron chi connectivity index (χ1n) is 19.6. The van der Waals surface area contributed by atoms with Crippen molar-refractivity contribution in [1.29, 1.82) is 0 Å². The molecule has 0 spiro atoms. The Hall–Kier alpha value is -4.81. The van der Waals surface area contributed by atoms with Gasteiger partial charge in [0.25, 0.3) is 0 Å². The maximum Gasteiger partial charge on any atom is 0.326 e. The number of amides is 6. The minimum absolute atomic E-state index is 0.0151. The number of nitrogens with one attached hydrogen (secondary N) is 6. The first-order valence-corrected chi connectivity index (χ1v) is 19.6. The van der Waals surface area contributed by atoms with Gasteiger partial charge in [0.05, 0.1) is 6.04 Å². The zero-order chi connectivity index (χ0) is 41.6. The van der Waals surface area contributed by atoms with Gasteiger partial charge in [0.1, 0.15) is 36.0 Å². The highest BCUT2D eigenvalue weighted by Gasteiger charge is 2.33. The Morgan fingerprint density at radius 2 is 1.39 bits per heavy atom. The van der Waals surface area contributed by atoms with Crippen molar-refractivity contribution in [3.63, 3.8) is 0 Å². The number of carbonyl (C=O) groups excluding carboxylic acids is 6. The molecule has 56 heavy (non-hydrogen) atoms. The van der Waals surface area contributed by atoms with Crippen LogP contribution in [0.3, 0.4) is 0 Å². The molecule has 1 aromatic rings. The molecule has 0 aliphatic carbocycles. The van der Waals surface area contributed by atoms with Crippen LogP contribution in [0, 0.1) is 5.92 Å². The number of aromatic hydroxyl groups is 1. The Bertz CT molecular complexity index is 1440. The van der Waals surface area contributed by atoms with E-state index in [1.807, 2.05) is 13.8 Å². The Kier molecular flexibility index (Phi) is 21.4. The monoisotopic (exact) mass is 789 g/mol. The molecular weight excluding hydrogens is 726 g/mol. The number of carboxylic acid groups (broad SMARTS) is 1. The van der Waals surface area contributed by atoms with Crippen molar-refractivity contribution < 1.29 is 43.8 Å². The number of hydrogen-bond donors (Lipinski definition) is 11. The summed E-state index contributed by atoms with van der Waals surface area (Å²) < 4.78 is 0. The van der Waals surface area contributed by atoms with E-state index < -0.39 is 71.8 Å². The molecule has 0 radical (unpaired) electrons. The Labute approximate surface area is 328 Å². The topological polar surface area (TPSA) is 310 Å². The van der Waals surface area contributed by atoms with Gasteiger partial charge in [-0.15, -0.1) is 0 Å². The number of rotatable bonds is 17. The average Bonchev–Trinajstić information content (AvgIpc) is 3.15. The fraction of sp³-hybridized carbons (Fsp3) is 0.658. The normalized spacial score (nSPS) is 21.6. The summed E-state index contributed by atoms with van der Waals surface area (Å²) in [5.74, 6) is -5.11. The Balaban J connectivity index is 2.46. The molecule has 1 fully saturated rings. The summed E-state index contributed by atoms with van der Waals surface area (Å²) >= 11 is 0. The smallest absolute Gasteiger partial charge is 0.326 e. The number of nitrogens with two attached hydrogens (primary N) is 3. The van der Waals surface area contributed by atoms with E-state index in [2.05, 4.69) is 31.9 Å². The van der Waals surface area contributed by atoms with Gasteiger partial charge in [-0.05, 0) is 107 Å². The molecule has 18 nitrogen and oxygen atoms in total. The van der Waals surface area contributed by atoms with Crippen molar-refractivity contribution >= 4 is 41.4 Å². The highest BCUT2D eigenvalue weighted by molar-refractivity contribution is 5.96. The van der Waals surface area contributed by atoms with E-state index in [0.29, 0.717) is 57.2 Å². The molecule has 1 aliphatic heterocycles. The molecule has 1 aromatic carbocycles. The molecule has 314 valence electrons. The van der Waals surface area contributed by atoms with Crippen molar-refractivity contribution in [2.24, 2.45) is 23.1 Å². The standard InChI is InChI=1S/C38H63N9O9/c1-23(2)21-31(38(55)56)47-37(54)30(22-24-12-14-25(48)15-13-24)46-36(53)29-11-5-8-20-42-32(49)17-16-26(41)33(50)43-27(9-3-6-18-39)34(51)44-28(35(52)45-29)10-4-7-19-40/h12-15,23,26-31,48H,3-11,16-22,39-41H2,1-2H3,(H,42,49)(H,43,50)(H,44,51)(H,45,52)(H,46,53)(H,47,54)(H,55,56)/t26-,27-,28-,29-,30-,31-/m0/s1. The van der Waals surface area contributed by atoms with Crippen LogP contribution in [-0.2, 0) is 40.0 Å². The maximum atomic E-state index is 14.1. The molecule has 1 heterocycles. The number of phenolic OH excluding ortho intramolecular Hbond substituents is 1. The second-order valence-corrected chi connectivity index (χ2v) is 14.7. The summed E-state index contributed by atoms with van der Waals surface area (Å²) in [6.07, 6.45) is 3.33. The maximum absolute atomic E-state index is 14.1. The van der Waals surface area contributed by atoms with Gasteiger partial charge in [-0.25, -0.2) is 4.79 Å². The lowest BCUT2D eigenvalue weighted by molar-refractivity contribution is -0.142. The lowest BCUT2D eigenvalue weighted by Gasteiger charge is -2.28. The van der Waals surface area contributed by atoms with Crippen LogP contribution in [0.2, 0.25) is 0 Å². The van der Waals surface area contributed by atoms with Gasteiger partial charge in [0.2, 0.25) is 35.4 Å². The molecule has 0 unspecified atom stereocenters. The van der Waals surface area contributed by atoms with E-state index in [9.17, 15) is 43.8 Å². The van der Waals surface area contributed by atoms with Crippen LogP contribution in [-0.4, -0.2) is 108 Å². The van der Waals surface area contributed by atoms with E-state index in [4.69, 9.17) is 17.2 Å². The van der Waals surface area contributed by atoms with Gasteiger partial charge in [0, 0.05) is 19.4 Å². The quantitative estimate of drug-likeness (QED) is 0.0861. The van der Waals surface area contributed by atoms with Crippen LogP contribution in [0.4, 0.5) is 0 Å². The first-order chi connectivity index (χ1) is 26.6. The fourth-order valence-electron chi connectivity index (χ4n) is 6.14. The summed E-state index contributed by atoms with van der Waals surface area (Å²) in [4.78, 5) is 92.9. The third-order valence-corrected chi connectivity index (χ3v) is 9.38. The molecule has 0 bridgehead atoms. The molecule has 0 aromatic heterocycles. The molecule has 1 saturated heterocycles. The zero-order valence-electron chi connectivity index (χ0n) is 32.6. The van der Waals surface area contributed by atoms with Gasteiger partial charge in [-0.1, -0.05) is 26.0 Å². The number of aliphatic carboxylic acids is 1. The third-order valence-electron chi connectivity index (χ3n) is 9.38. The number of carbonyl (C=O) groups is 7. The van der Waals surface area contributed by atoms with E-state index in [1.54, 1.807) is 12.1 Å². The second-order valence-electron chi connectivity index (χ2n) is 14.7. The average molecular weight is 790 g/mol. The molecule has 14 N–H and O–H groups in total. The van der Waals surface area contributed by atoms with Crippen LogP contribution in [0.5, 0.6) is 5.75 Å². The van der Waals surface area contributed by atoms with Crippen LogP contribution in [0.1, 0.15) is 96.5 Å². The zero-order valence-corrected chi connectivity index (χ0v) is 32.6. The van der Waals surface area contributed by atoms with Gasteiger partial charge in [-0.3, -0.25) is 28.8 Å². The fourth-order valence-corrected chi connectivity index (χ4v) is 6.14. The minimum Gasteiger partial charge on any atom is -0.508 e. The lowest BCUT2D eigenvalue weighted by atomic mass is 10.0. The van der Waals surface area contributed by atoms with Crippen molar-refractivity contribution in [1.82, 2.24) is 31.9 Å². The number of hydrogen-bond acceptors (Lipinski definition) is 11. The highest BCUT2D eigenvalue weighted by atomic mass is 16.4. The number of benzene rings is 1. The SMILES string of the molecule is CC(C)C[C@H](NC(=O)[C@H](Cc1ccc(O)cc1)NC(=O)[C@@H]1CCCCNC(=O)CC[C@H](N)C(=O)N[C@@H](CCCCN)C(=O)N[C@@H](CCCCN)C(=O)N1)C(=O)O. The molecule has 18 heteroatoms. The van der Waals surface area contributed by atoms with Gasteiger partial charge in [0.15, 0.2) is 0 Å². The first kappa shape index (κ1) is 47.3. The van der Waals surface area contributed by atoms with E-state index in [1.165, 1.54) is 12.1 Å². The molecule has 6 atom stereocenters. The lowest BCUT2D eigenvalue weighted by Crippen LogP contribution is -2.59. The summed E-state index contributed by atoms with van der Waals surface area (Å²) in [6, 6.07) is -1.04. The van der Waals surface area contributed by atoms with Gasteiger partial charge >= 0.3 is 5.97 Å². The largest absolute Gasteiger partial charge is 0.508 e.